The quantitative estimate of drug-likeness (QED) is 0.710. The molecule has 84 valence electrons. The highest BCUT2D eigenvalue weighted by Crippen LogP contribution is 2.34. The molecular formula is C13H27N. The number of rotatable bonds is 5. The summed E-state index contributed by atoms with van der Waals surface area (Å²) in [7, 11) is 0. The zero-order valence-electron chi connectivity index (χ0n) is 10.4. The molecule has 1 N–H and O–H groups in total. The predicted molar refractivity (Wildman–Crippen MR) is 63.5 cm³/mol. The van der Waals surface area contributed by atoms with Crippen molar-refractivity contribution in [3.05, 3.63) is 0 Å². The molecule has 0 aromatic heterocycles. The molecule has 0 amide bonds. The molecule has 0 aliphatic heterocycles. The van der Waals surface area contributed by atoms with Crippen LogP contribution in [0.3, 0.4) is 0 Å². The maximum atomic E-state index is 3.73. The van der Waals surface area contributed by atoms with Gasteiger partial charge in [0.05, 0.1) is 0 Å². The highest BCUT2D eigenvalue weighted by Gasteiger charge is 2.29. The van der Waals surface area contributed by atoms with E-state index >= 15 is 0 Å². The fourth-order valence-corrected chi connectivity index (χ4v) is 2.24. The average Bonchev–Trinajstić information content (AvgIpc) is 1.93. The molecule has 0 bridgehead atoms. The fourth-order valence-electron chi connectivity index (χ4n) is 2.24. The first kappa shape index (κ1) is 12.0. The van der Waals surface area contributed by atoms with Crippen molar-refractivity contribution in [1.82, 2.24) is 5.32 Å². The summed E-state index contributed by atoms with van der Waals surface area (Å²) < 4.78 is 0. The number of nitrogens with one attached hydrogen (secondary N) is 1. The molecule has 1 aliphatic rings. The third-order valence-corrected chi connectivity index (χ3v) is 3.21. The molecule has 14 heavy (non-hydrogen) atoms. The van der Waals surface area contributed by atoms with Crippen LogP contribution in [0.25, 0.3) is 0 Å². The van der Waals surface area contributed by atoms with Crippen LogP contribution in [0.5, 0.6) is 0 Å². The van der Waals surface area contributed by atoms with E-state index in [1.54, 1.807) is 0 Å². The van der Waals surface area contributed by atoms with Gasteiger partial charge in [-0.3, -0.25) is 0 Å². The van der Waals surface area contributed by atoms with Crippen LogP contribution in [0.4, 0.5) is 0 Å². The standard InChI is InChI=1S/C13H27N/c1-5-9-14-12(10-13(2,3)4)11-7-6-8-11/h11-12,14H,5-10H2,1-4H3. The lowest BCUT2D eigenvalue weighted by atomic mass is 9.74. The van der Waals surface area contributed by atoms with Crippen molar-refractivity contribution in [1.29, 1.82) is 0 Å². The Morgan fingerprint density at radius 3 is 2.29 bits per heavy atom. The number of hydrogen-bond acceptors (Lipinski definition) is 1. The van der Waals surface area contributed by atoms with E-state index in [2.05, 4.69) is 33.0 Å². The van der Waals surface area contributed by atoms with E-state index in [4.69, 9.17) is 0 Å². The van der Waals surface area contributed by atoms with Crippen molar-refractivity contribution < 1.29 is 0 Å². The van der Waals surface area contributed by atoms with Crippen molar-refractivity contribution in [3.63, 3.8) is 0 Å². The van der Waals surface area contributed by atoms with Crippen molar-refractivity contribution in [2.24, 2.45) is 11.3 Å². The summed E-state index contributed by atoms with van der Waals surface area (Å²) in [6.07, 6.45) is 6.96. The Morgan fingerprint density at radius 2 is 1.93 bits per heavy atom. The van der Waals surface area contributed by atoms with Gasteiger partial charge in [-0.25, -0.2) is 0 Å². The molecule has 1 fully saturated rings. The SMILES string of the molecule is CCCNC(CC(C)(C)C)C1CCC1. The summed E-state index contributed by atoms with van der Waals surface area (Å²) in [6.45, 7) is 10.5. The van der Waals surface area contributed by atoms with Crippen molar-refractivity contribution in [3.8, 4) is 0 Å². The molecule has 0 aromatic rings. The van der Waals surface area contributed by atoms with Gasteiger partial charge in [0.2, 0.25) is 0 Å². The second-order valence-corrected chi connectivity index (χ2v) is 6.02. The first-order valence-corrected chi connectivity index (χ1v) is 6.26. The van der Waals surface area contributed by atoms with Gasteiger partial charge in [0.15, 0.2) is 0 Å². The smallest absolute Gasteiger partial charge is 0.0100 e. The lowest BCUT2D eigenvalue weighted by Crippen LogP contribution is -2.42. The van der Waals surface area contributed by atoms with E-state index in [1.165, 1.54) is 38.6 Å². The Kier molecular flexibility index (Phi) is 4.43. The maximum Gasteiger partial charge on any atom is 0.0100 e. The molecule has 1 atom stereocenters. The Labute approximate surface area is 89.7 Å². The van der Waals surface area contributed by atoms with Crippen LogP contribution in [0, 0.1) is 11.3 Å². The summed E-state index contributed by atoms with van der Waals surface area (Å²) in [4.78, 5) is 0. The van der Waals surface area contributed by atoms with Crippen LogP contribution in [-0.2, 0) is 0 Å². The predicted octanol–water partition coefficient (Wildman–Crippen LogP) is 3.59. The third-order valence-electron chi connectivity index (χ3n) is 3.21. The van der Waals surface area contributed by atoms with Gasteiger partial charge in [-0.1, -0.05) is 34.1 Å². The van der Waals surface area contributed by atoms with Gasteiger partial charge in [0.25, 0.3) is 0 Å². The summed E-state index contributed by atoms with van der Waals surface area (Å²) in [5, 5.41) is 3.73. The molecule has 0 spiro atoms. The third kappa shape index (κ3) is 4.00. The van der Waals surface area contributed by atoms with E-state index in [9.17, 15) is 0 Å². The average molecular weight is 197 g/mol. The zero-order chi connectivity index (χ0) is 10.6. The van der Waals surface area contributed by atoms with Gasteiger partial charge in [0.1, 0.15) is 0 Å². The molecule has 0 heterocycles. The normalized spacial score (nSPS) is 20.6. The van der Waals surface area contributed by atoms with Gasteiger partial charge in [-0.2, -0.15) is 0 Å². The summed E-state index contributed by atoms with van der Waals surface area (Å²) in [5.41, 5.74) is 0.473. The van der Waals surface area contributed by atoms with Crippen LogP contribution in [0.2, 0.25) is 0 Å². The highest BCUT2D eigenvalue weighted by atomic mass is 14.9. The minimum Gasteiger partial charge on any atom is -0.314 e. The molecule has 1 unspecified atom stereocenters. The Balaban J connectivity index is 2.35. The monoisotopic (exact) mass is 197 g/mol. The molecule has 1 heteroatoms. The van der Waals surface area contributed by atoms with E-state index in [0.717, 1.165) is 12.0 Å². The second-order valence-electron chi connectivity index (χ2n) is 6.02. The van der Waals surface area contributed by atoms with Crippen LogP contribution in [-0.4, -0.2) is 12.6 Å². The van der Waals surface area contributed by atoms with Crippen LogP contribution in [0.1, 0.15) is 59.8 Å². The van der Waals surface area contributed by atoms with Gasteiger partial charge in [-0.05, 0) is 43.6 Å². The lowest BCUT2D eigenvalue weighted by Gasteiger charge is -2.38. The molecule has 1 saturated carbocycles. The molecule has 0 saturated heterocycles. The minimum absolute atomic E-state index is 0.473. The maximum absolute atomic E-state index is 3.73. The number of hydrogen-bond donors (Lipinski definition) is 1. The molecule has 0 radical (unpaired) electrons. The van der Waals surface area contributed by atoms with Crippen molar-refractivity contribution >= 4 is 0 Å². The van der Waals surface area contributed by atoms with E-state index < -0.39 is 0 Å². The van der Waals surface area contributed by atoms with Gasteiger partial charge >= 0.3 is 0 Å². The van der Waals surface area contributed by atoms with Crippen LogP contribution < -0.4 is 5.32 Å². The first-order valence-electron chi connectivity index (χ1n) is 6.26. The van der Waals surface area contributed by atoms with Gasteiger partial charge in [-0.15, -0.1) is 0 Å². The second kappa shape index (κ2) is 5.16. The fraction of sp³-hybridized carbons (Fsp3) is 1.00. The van der Waals surface area contributed by atoms with E-state index in [1.807, 2.05) is 0 Å². The van der Waals surface area contributed by atoms with Crippen LogP contribution >= 0.6 is 0 Å². The first-order chi connectivity index (χ1) is 6.53. The summed E-state index contributed by atoms with van der Waals surface area (Å²) in [6, 6.07) is 0.781. The largest absolute Gasteiger partial charge is 0.314 e. The Morgan fingerprint density at radius 1 is 1.29 bits per heavy atom. The molecule has 0 aromatic carbocycles. The van der Waals surface area contributed by atoms with Crippen molar-refractivity contribution in [2.75, 3.05) is 6.54 Å². The van der Waals surface area contributed by atoms with Gasteiger partial charge in [0, 0.05) is 6.04 Å². The zero-order valence-corrected chi connectivity index (χ0v) is 10.4. The molecule has 1 rings (SSSR count). The van der Waals surface area contributed by atoms with E-state index in [0.29, 0.717) is 5.41 Å². The minimum atomic E-state index is 0.473. The van der Waals surface area contributed by atoms with E-state index in [-0.39, 0.29) is 0 Å². The Bertz CT molecular complexity index is 153. The van der Waals surface area contributed by atoms with Gasteiger partial charge < -0.3 is 5.32 Å². The molecule has 1 aliphatic carbocycles. The topological polar surface area (TPSA) is 12.0 Å². The summed E-state index contributed by atoms with van der Waals surface area (Å²) >= 11 is 0. The highest BCUT2D eigenvalue weighted by molar-refractivity contribution is 4.85. The lowest BCUT2D eigenvalue weighted by molar-refractivity contribution is 0.178. The van der Waals surface area contributed by atoms with Crippen LogP contribution in [0.15, 0.2) is 0 Å². The summed E-state index contributed by atoms with van der Waals surface area (Å²) in [5.74, 6) is 0.973. The molecule has 1 nitrogen and oxygen atoms in total. The van der Waals surface area contributed by atoms with Crippen molar-refractivity contribution in [2.45, 2.75) is 65.8 Å². The Hall–Kier alpha value is -0.0400. The molecular weight excluding hydrogens is 170 g/mol.